The molecular formula is C20H27F13O13. The largest absolute Gasteiger partial charge is 0.458 e. The fourth-order valence-electron chi connectivity index (χ4n) is 3.84. The number of ether oxygens (including phenoxy) is 13. The second-order valence-electron chi connectivity index (χ2n) is 6.77. The van der Waals surface area contributed by atoms with Crippen molar-refractivity contribution in [2.75, 3.05) is 89.2 Å². The maximum Gasteiger partial charge on any atom is 0.353 e. The van der Waals surface area contributed by atoms with Crippen molar-refractivity contribution >= 4 is 0 Å². The third-order valence-electron chi connectivity index (χ3n) is 5.12. The summed E-state index contributed by atoms with van der Waals surface area (Å²) in [5.41, 5.74) is 0. The van der Waals surface area contributed by atoms with Crippen LogP contribution in [0.5, 0.6) is 0 Å². The fourth-order valence-corrected chi connectivity index (χ4v) is 3.84. The second kappa shape index (κ2) is 23.3. The number of hydrogen-bond donors (Lipinski definition) is 0. The molecule has 13 nitrogen and oxygen atoms in total. The van der Waals surface area contributed by atoms with Crippen LogP contribution in [0.25, 0.3) is 0 Å². The molecule has 0 unspecified atom stereocenters. The van der Waals surface area contributed by atoms with E-state index in [1.54, 1.807) is 0 Å². The molecule has 0 N–H and O–H groups in total. The van der Waals surface area contributed by atoms with Crippen LogP contribution in [0.1, 0.15) is 0 Å². The van der Waals surface area contributed by atoms with Crippen molar-refractivity contribution in [2.45, 2.75) is 29.6 Å². The average Bonchev–Trinajstić information content (AvgIpc) is 3.02. The molecule has 0 aromatic heterocycles. The van der Waals surface area contributed by atoms with Gasteiger partial charge < -0.3 is 47.4 Å². The highest BCUT2D eigenvalue weighted by molar-refractivity contribution is 5.23. The molecule has 26 heteroatoms. The van der Waals surface area contributed by atoms with Gasteiger partial charge in [-0.05, 0) is 0 Å². The van der Waals surface area contributed by atoms with Gasteiger partial charge in [0.05, 0.1) is 0 Å². The molecule has 276 valence electrons. The summed E-state index contributed by atoms with van der Waals surface area (Å²) in [4.78, 5) is 0. The van der Waals surface area contributed by atoms with Crippen molar-refractivity contribution in [2.24, 2.45) is 0 Å². The van der Waals surface area contributed by atoms with E-state index in [9.17, 15) is 57.1 Å². The third kappa shape index (κ3) is 9.32. The normalized spacial score (nSPS) is 13.8. The Bertz CT molecular complexity index is 782. The minimum atomic E-state index is -4.93. The van der Waals surface area contributed by atoms with Gasteiger partial charge in [0.25, 0.3) is 5.79 Å². The van der Waals surface area contributed by atoms with E-state index in [4.69, 9.17) is 0 Å². The van der Waals surface area contributed by atoms with Crippen LogP contribution in [0, 0.1) is 0 Å². The van der Waals surface area contributed by atoms with E-state index >= 15 is 0 Å². The highest BCUT2D eigenvalue weighted by Gasteiger charge is 2.83. The highest BCUT2D eigenvalue weighted by atomic mass is 19.2. The minimum absolute atomic E-state index is 1.92. The predicted molar refractivity (Wildman–Crippen MR) is 114 cm³/mol. The van der Waals surface area contributed by atoms with Gasteiger partial charge in [-0.25, -0.2) is 57.1 Å². The SMILES string of the molecule is FCO/C(=C(/OCF)C(OCF)(OCF)C(OCF)(OCF)C(OCF)(OCF)C(OCF)(OCF)OCF)C(OCF)OCF. The Labute approximate surface area is 250 Å². The van der Waals surface area contributed by atoms with Gasteiger partial charge in [0, 0.05) is 0 Å². The van der Waals surface area contributed by atoms with Crippen LogP contribution < -0.4 is 0 Å². The Kier molecular flexibility index (Phi) is 22.3. The van der Waals surface area contributed by atoms with Crippen molar-refractivity contribution in [3.63, 3.8) is 0 Å². The number of halogens is 13. The van der Waals surface area contributed by atoms with Gasteiger partial charge in [-0.15, -0.1) is 0 Å². The first-order chi connectivity index (χ1) is 22.2. The van der Waals surface area contributed by atoms with Gasteiger partial charge in [-0.1, -0.05) is 0 Å². The fraction of sp³-hybridized carbons (Fsp3) is 0.900. The van der Waals surface area contributed by atoms with E-state index in [1.807, 2.05) is 0 Å². The van der Waals surface area contributed by atoms with Gasteiger partial charge in [0.1, 0.15) is 0 Å². The van der Waals surface area contributed by atoms with E-state index in [0.717, 1.165) is 0 Å². The molecule has 0 aliphatic heterocycles. The van der Waals surface area contributed by atoms with Crippen molar-refractivity contribution in [1.82, 2.24) is 0 Å². The summed E-state index contributed by atoms with van der Waals surface area (Å²) in [6.07, 6.45) is -2.93. The van der Waals surface area contributed by atoms with Crippen LogP contribution in [-0.4, -0.2) is 119 Å². The Morgan fingerprint density at radius 3 is 1.02 bits per heavy atom. The molecule has 0 spiro atoms. The molecule has 0 aromatic rings. The van der Waals surface area contributed by atoms with Crippen molar-refractivity contribution in [3.8, 4) is 0 Å². The lowest BCUT2D eigenvalue weighted by Crippen LogP contribution is -2.82. The summed E-state index contributed by atoms with van der Waals surface area (Å²) in [6.45, 7) is -31.9. The zero-order chi connectivity index (χ0) is 35.1. The maximum atomic E-state index is 14.2. The van der Waals surface area contributed by atoms with Gasteiger partial charge in [-0.2, -0.15) is 0 Å². The van der Waals surface area contributed by atoms with Crippen LogP contribution in [0.15, 0.2) is 11.5 Å². The molecule has 0 bridgehead atoms. The van der Waals surface area contributed by atoms with Crippen molar-refractivity contribution in [3.05, 3.63) is 11.5 Å². The summed E-state index contributed by atoms with van der Waals surface area (Å²) >= 11 is 0. The number of hydrogen-bond acceptors (Lipinski definition) is 13. The van der Waals surface area contributed by atoms with Crippen LogP contribution in [0.4, 0.5) is 57.1 Å². The molecule has 0 saturated carbocycles. The highest BCUT2D eigenvalue weighted by Crippen LogP contribution is 2.55. The van der Waals surface area contributed by atoms with Crippen molar-refractivity contribution < 1.29 is 119 Å². The predicted octanol–water partition coefficient (Wildman–Crippen LogP) is 4.53. The van der Waals surface area contributed by atoms with Gasteiger partial charge in [-0.3, -0.25) is 14.2 Å². The lowest BCUT2D eigenvalue weighted by Gasteiger charge is -2.57. The van der Waals surface area contributed by atoms with Crippen LogP contribution in [-0.2, 0) is 61.6 Å². The topological polar surface area (TPSA) is 120 Å². The standard InChI is InChI=1S/C20H27F13O13/c21-1-34-14(16(36-3-23)37-4-24)15(35-2-22)17(38-5-25,39-6-26)18(40-7-27,41-8-28)19(42-9-29,43-10-30)20(44-11-31,45-12-32)46-13-33/h16H,1-13H2/b15-14+. The summed E-state index contributed by atoms with van der Waals surface area (Å²) in [6, 6.07) is 0. The van der Waals surface area contributed by atoms with E-state index in [2.05, 4.69) is 61.6 Å². The van der Waals surface area contributed by atoms with E-state index in [1.165, 1.54) is 0 Å². The second-order valence-corrected chi connectivity index (χ2v) is 6.77. The molecule has 0 aliphatic carbocycles. The average molecular weight is 722 g/mol. The van der Waals surface area contributed by atoms with E-state index < -0.39 is 130 Å². The molecule has 0 saturated heterocycles. The molecule has 46 heavy (non-hydrogen) atoms. The third-order valence-corrected chi connectivity index (χ3v) is 5.12. The molecule has 0 rings (SSSR count). The smallest absolute Gasteiger partial charge is 0.353 e. The summed E-state index contributed by atoms with van der Waals surface area (Å²) in [5, 5.41) is 0. The molecule has 0 atom stereocenters. The maximum absolute atomic E-state index is 14.2. The number of rotatable bonds is 31. The van der Waals surface area contributed by atoms with Crippen LogP contribution in [0.2, 0.25) is 0 Å². The molecule has 0 amide bonds. The van der Waals surface area contributed by atoms with Gasteiger partial charge in [0.2, 0.25) is 25.8 Å². The van der Waals surface area contributed by atoms with Crippen LogP contribution >= 0.6 is 0 Å². The lowest BCUT2D eigenvalue weighted by molar-refractivity contribution is -0.596. The molecule has 0 heterocycles. The van der Waals surface area contributed by atoms with E-state index in [-0.39, 0.29) is 0 Å². The summed E-state index contributed by atoms with van der Waals surface area (Å²) in [7, 11) is 0. The van der Waals surface area contributed by atoms with Crippen LogP contribution in [0.3, 0.4) is 0 Å². The zero-order valence-electron chi connectivity index (χ0n) is 23.0. The molecular weight excluding hydrogens is 695 g/mol. The summed E-state index contributed by atoms with van der Waals surface area (Å²) < 4.78 is 237. The first kappa shape index (κ1) is 44.0. The minimum Gasteiger partial charge on any atom is -0.458 e. The quantitative estimate of drug-likeness (QED) is 0.0567. The lowest BCUT2D eigenvalue weighted by atomic mass is 9.89. The van der Waals surface area contributed by atoms with E-state index in [0.29, 0.717) is 0 Å². The first-order valence-electron chi connectivity index (χ1n) is 11.5. The number of alkyl halides is 13. The Hall–Kier alpha value is -2.01. The molecule has 0 aromatic carbocycles. The monoisotopic (exact) mass is 722 g/mol. The molecule has 0 fully saturated rings. The van der Waals surface area contributed by atoms with Gasteiger partial charge >= 0.3 is 17.5 Å². The van der Waals surface area contributed by atoms with Crippen molar-refractivity contribution in [1.29, 1.82) is 0 Å². The Morgan fingerprint density at radius 1 is 0.370 bits per heavy atom. The molecule has 0 radical (unpaired) electrons. The van der Waals surface area contributed by atoms with Gasteiger partial charge in [0.15, 0.2) is 81.2 Å². The Morgan fingerprint density at radius 2 is 0.717 bits per heavy atom. The Balaban J connectivity index is 9.12. The molecule has 0 aliphatic rings. The summed E-state index contributed by atoms with van der Waals surface area (Å²) in [5.74, 6) is -23.2. The zero-order valence-corrected chi connectivity index (χ0v) is 23.0. The first-order valence-corrected chi connectivity index (χ1v) is 11.5.